The van der Waals surface area contributed by atoms with Crippen LogP contribution in [-0.2, 0) is 13.2 Å². The molecular formula is C25H24ClF6N7O2. The predicted octanol–water partition coefficient (Wildman–Crippen LogP) is 4.69. The van der Waals surface area contributed by atoms with Gasteiger partial charge in [-0.05, 0) is 18.2 Å². The first-order valence-corrected chi connectivity index (χ1v) is 12.9. The summed E-state index contributed by atoms with van der Waals surface area (Å²) in [5.74, 6) is -4.65. The standard InChI is InChI=1S/C25H24ClF6N7O2/c1-37-17(15-11-39(18-9-24(18,28)29)36-19(15)25(30,31)32)10-34-20(37)21(40)35-13-2-3-14(16(26)8-13)22(41)38-6-4-23(27,12-33)5-7-38/h2-3,8,10-11,18H,4-7,9,12,33H2,1H3,(H,35,40). The number of likely N-dealkylation sites (tertiary alicyclic amines) is 1. The molecular weight excluding hydrogens is 580 g/mol. The van der Waals surface area contributed by atoms with E-state index in [1.54, 1.807) is 0 Å². The van der Waals surface area contributed by atoms with Crippen molar-refractivity contribution in [1.29, 1.82) is 0 Å². The van der Waals surface area contributed by atoms with Crippen molar-refractivity contribution < 1.29 is 35.9 Å². The number of aromatic nitrogens is 4. The maximum absolute atomic E-state index is 14.4. The number of hydrogen-bond donors (Lipinski definition) is 2. The summed E-state index contributed by atoms with van der Waals surface area (Å²) in [4.78, 5) is 31.2. The first-order chi connectivity index (χ1) is 19.1. The zero-order valence-corrected chi connectivity index (χ0v) is 22.2. The van der Waals surface area contributed by atoms with Crippen molar-refractivity contribution in [3.05, 3.63) is 52.7 Å². The lowest BCUT2D eigenvalue weighted by Crippen LogP contribution is -2.47. The fourth-order valence-corrected chi connectivity index (χ4v) is 5.00. The molecule has 1 unspecified atom stereocenters. The monoisotopic (exact) mass is 603 g/mol. The summed E-state index contributed by atoms with van der Waals surface area (Å²) in [5.41, 5.74) is 2.22. The molecule has 1 atom stereocenters. The molecule has 2 amide bonds. The van der Waals surface area contributed by atoms with Gasteiger partial charge in [0.1, 0.15) is 11.7 Å². The highest BCUT2D eigenvalue weighted by atomic mass is 35.5. The summed E-state index contributed by atoms with van der Waals surface area (Å²) >= 11 is 6.30. The molecule has 41 heavy (non-hydrogen) atoms. The molecule has 0 bridgehead atoms. The number of halogens is 7. The van der Waals surface area contributed by atoms with Crippen LogP contribution >= 0.6 is 11.6 Å². The molecule has 1 saturated heterocycles. The number of nitrogens with one attached hydrogen (secondary N) is 1. The van der Waals surface area contributed by atoms with E-state index in [0.29, 0.717) is 4.68 Å². The second-order valence-electron chi connectivity index (χ2n) is 10.2. The van der Waals surface area contributed by atoms with Crippen molar-refractivity contribution in [3.63, 3.8) is 0 Å². The van der Waals surface area contributed by atoms with E-state index >= 15 is 0 Å². The number of amides is 2. The third kappa shape index (κ3) is 5.52. The zero-order chi connectivity index (χ0) is 29.9. The molecule has 5 rings (SSSR count). The van der Waals surface area contributed by atoms with Crippen molar-refractivity contribution >= 4 is 29.1 Å². The summed E-state index contributed by atoms with van der Waals surface area (Å²) in [7, 11) is 1.30. The molecule has 3 aromatic rings. The van der Waals surface area contributed by atoms with Crippen LogP contribution in [0.4, 0.5) is 32.0 Å². The largest absolute Gasteiger partial charge is 0.435 e. The molecule has 2 aromatic heterocycles. The summed E-state index contributed by atoms with van der Waals surface area (Å²) in [6.07, 6.45) is -3.48. The average molecular weight is 604 g/mol. The molecule has 0 radical (unpaired) electrons. The number of imidazole rings is 1. The Morgan fingerprint density at radius 1 is 1.20 bits per heavy atom. The normalized spacial score (nSPS) is 19.7. The average Bonchev–Trinajstić information content (AvgIpc) is 3.20. The van der Waals surface area contributed by atoms with E-state index in [2.05, 4.69) is 15.4 Å². The molecule has 3 N–H and O–H groups in total. The summed E-state index contributed by atoms with van der Waals surface area (Å²) in [6.45, 7) is 0.204. The number of alkyl halides is 6. The molecule has 1 saturated carbocycles. The van der Waals surface area contributed by atoms with E-state index in [1.807, 2.05) is 0 Å². The van der Waals surface area contributed by atoms with Crippen molar-refractivity contribution in [3.8, 4) is 11.3 Å². The lowest BCUT2D eigenvalue weighted by Gasteiger charge is -2.35. The van der Waals surface area contributed by atoms with Crippen LogP contribution in [0.2, 0.25) is 5.02 Å². The number of piperidine rings is 1. The number of anilines is 1. The lowest BCUT2D eigenvalue weighted by atomic mass is 9.93. The van der Waals surface area contributed by atoms with Gasteiger partial charge in [-0.2, -0.15) is 18.3 Å². The first-order valence-electron chi connectivity index (χ1n) is 12.5. The van der Waals surface area contributed by atoms with Gasteiger partial charge in [-0.1, -0.05) is 11.6 Å². The van der Waals surface area contributed by atoms with Gasteiger partial charge in [0, 0.05) is 57.8 Å². The first kappa shape index (κ1) is 28.9. The number of rotatable bonds is 6. The van der Waals surface area contributed by atoms with Crippen LogP contribution in [0.5, 0.6) is 0 Å². The second-order valence-corrected chi connectivity index (χ2v) is 10.6. The van der Waals surface area contributed by atoms with Gasteiger partial charge < -0.3 is 20.5 Å². The van der Waals surface area contributed by atoms with Crippen LogP contribution in [0.1, 0.15) is 52.0 Å². The Morgan fingerprint density at radius 2 is 1.85 bits per heavy atom. The Bertz CT molecular complexity index is 1510. The quantitative estimate of drug-likeness (QED) is 0.397. The van der Waals surface area contributed by atoms with E-state index in [-0.39, 0.29) is 60.3 Å². The Morgan fingerprint density at radius 3 is 2.41 bits per heavy atom. The summed E-state index contributed by atoms with van der Waals surface area (Å²) in [6, 6.07) is 2.64. The maximum Gasteiger partial charge on any atom is 0.435 e. The molecule has 2 aliphatic rings. The number of nitrogens with two attached hydrogens (primary N) is 1. The SMILES string of the molecule is Cn1c(-c2cn(C3CC3(F)F)nc2C(F)(F)F)cnc1C(=O)Nc1ccc(C(=O)N2CCC(F)(CN)CC2)c(Cl)c1. The van der Waals surface area contributed by atoms with Crippen molar-refractivity contribution in [2.24, 2.45) is 12.8 Å². The van der Waals surface area contributed by atoms with Crippen LogP contribution in [-0.4, -0.2) is 67.3 Å². The van der Waals surface area contributed by atoms with E-state index in [0.717, 1.165) is 17.0 Å². The van der Waals surface area contributed by atoms with Gasteiger partial charge in [-0.15, -0.1) is 0 Å². The maximum atomic E-state index is 14.4. The molecule has 1 aliphatic carbocycles. The number of nitrogens with zero attached hydrogens (tertiary/aromatic N) is 5. The Labute approximate surface area is 234 Å². The number of benzene rings is 1. The van der Waals surface area contributed by atoms with E-state index in [9.17, 15) is 35.9 Å². The van der Waals surface area contributed by atoms with Crippen LogP contribution in [0.25, 0.3) is 11.3 Å². The third-order valence-electron chi connectivity index (χ3n) is 7.35. The lowest BCUT2D eigenvalue weighted by molar-refractivity contribution is -0.141. The van der Waals surface area contributed by atoms with Crippen LogP contribution in [0.3, 0.4) is 0 Å². The van der Waals surface area contributed by atoms with Crippen molar-refractivity contribution in [2.75, 3.05) is 25.0 Å². The number of carbonyl (C=O) groups excluding carboxylic acids is 2. The molecule has 1 aliphatic heterocycles. The van der Waals surface area contributed by atoms with Gasteiger partial charge in [0.15, 0.2) is 11.5 Å². The zero-order valence-electron chi connectivity index (χ0n) is 21.5. The van der Waals surface area contributed by atoms with Crippen molar-refractivity contribution in [1.82, 2.24) is 24.2 Å². The molecule has 3 heterocycles. The van der Waals surface area contributed by atoms with Crippen LogP contribution < -0.4 is 11.1 Å². The smallest absolute Gasteiger partial charge is 0.338 e. The minimum atomic E-state index is -4.94. The molecule has 0 spiro atoms. The second kappa shape index (κ2) is 10.0. The fourth-order valence-electron chi connectivity index (χ4n) is 4.74. The molecule has 9 nitrogen and oxygen atoms in total. The molecule has 16 heteroatoms. The van der Waals surface area contributed by atoms with E-state index in [1.165, 1.54) is 30.1 Å². The number of carbonyl (C=O) groups is 2. The Kier molecular flexibility index (Phi) is 7.09. The van der Waals surface area contributed by atoms with E-state index in [4.69, 9.17) is 17.3 Å². The highest BCUT2D eigenvalue weighted by Gasteiger charge is 2.59. The van der Waals surface area contributed by atoms with Gasteiger partial charge in [0.2, 0.25) is 0 Å². The summed E-state index contributed by atoms with van der Waals surface area (Å²) in [5, 5.41) is 5.89. The minimum absolute atomic E-state index is 0.0170. The van der Waals surface area contributed by atoms with Crippen LogP contribution in [0, 0.1) is 0 Å². The Hall–Kier alpha value is -3.59. The highest BCUT2D eigenvalue weighted by molar-refractivity contribution is 6.34. The van der Waals surface area contributed by atoms with Gasteiger partial charge in [0.05, 0.1) is 28.0 Å². The van der Waals surface area contributed by atoms with Gasteiger partial charge >= 0.3 is 6.18 Å². The van der Waals surface area contributed by atoms with E-state index < -0.39 is 53.3 Å². The number of hydrogen-bond acceptors (Lipinski definition) is 5. The fraction of sp³-hybridized carbons (Fsp3) is 0.440. The van der Waals surface area contributed by atoms with Crippen LogP contribution in [0.15, 0.2) is 30.6 Å². The Balaban J connectivity index is 1.33. The topological polar surface area (TPSA) is 111 Å². The molecule has 220 valence electrons. The predicted molar refractivity (Wildman–Crippen MR) is 135 cm³/mol. The van der Waals surface area contributed by atoms with Gasteiger partial charge in [-0.3, -0.25) is 14.3 Å². The van der Waals surface area contributed by atoms with Gasteiger partial charge in [-0.25, -0.2) is 18.2 Å². The van der Waals surface area contributed by atoms with Crippen molar-refractivity contribution in [2.45, 2.75) is 43.1 Å². The minimum Gasteiger partial charge on any atom is -0.338 e. The molecule has 2 fully saturated rings. The summed E-state index contributed by atoms with van der Waals surface area (Å²) < 4.78 is 84.0. The third-order valence-corrected chi connectivity index (χ3v) is 7.66. The highest BCUT2D eigenvalue weighted by Crippen LogP contribution is 2.53. The molecule has 1 aromatic carbocycles. The van der Waals surface area contributed by atoms with Gasteiger partial charge in [0.25, 0.3) is 17.7 Å².